The molecule has 0 saturated carbocycles. The van der Waals surface area contributed by atoms with Crippen LogP contribution < -0.4 is 19.7 Å². The van der Waals surface area contributed by atoms with Crippen LogP contribution in [0.25, 0.3) is 5.82 Å². The molecule has 1 aromatic carbocycles. The number of ether oxygens (including phenoxy) is 4. The summed E-state index contributed by atoms with van der Waals surface area (Å²) in [7, 11) is 1.54. The van der Waals surface area contributed by atoms with Gasteiger partial charge < -0.3 is 34.1 Å². The minimum Gasteiger partial charge on any atom is -0.486 e. The van der Waals surface area contributed by atoms with E-state index in [0.29, 0.717) is 69.1 Å². The van der Waals surface area contributed by atoms with Gasteiger partial charge in [-0.25, -0.2) is 19.7 Å². The molecular formula is C26H31N7O6. The highest BCUT2D eigenvalue weighted by Crippen LogP contribution is 2.30. The van der Waals surface area contributed by atoms with Crippen LogP contribution in [-0.2, 0) is 20.8 Å². The zero-order valence-corrected chi connectivity index (χ0v) is 21.7. The van der Waals surface area contributed by atoms with Crippen molar-refractivity contribution in [1.82, 2.24) is 29.7 Å². The maximum atomic E-state index is 13.0. The van der Waals surface area contributed by atoms with Gasteiger partial charge in [-0.05, 0) is 17.7 Å². The van der Waals surface area contributed by atoms with Gasteiger partial charge in [0.25, 0.3) is 0 Å². The van der Waals surface area contributed by atoms with Crippen molar-refractivity contribution < 1.29 is 28.5 Å². The Morgan fingerprint density at radius 2 is 1.92 bits per heavy atom. The molecule has 4 heterocycles. The number of carbonyl (C=O) groups is 2. The number of hydrogen-bond acceptors (Lipinski definition) is 10. The predicted octanol–water partition coefficient (Wildman–Crippen LogP) is 1.41. The Bertz CT molecular complexity index is 1270. The molecule has 0 aliphatic carbocycles. The van der Waals surface area contributed by atoms with Crippen molar-refractivity contribution >= 4 is 17.8 Å². The molecule has 0 spiro atoms. The van der Waals surface area contributed by atoms with Crippen LogP contribution in [-0.4, -0.2) is 95.6 Å². The fourth-order valence-electron chi connectivity index (χ4n) is 4.50. The van der Waals surface area contributed by atoms with E-state index in [4.69, 9.17) is 18.9 Å². The molecule has 2 aliphatic heterocycles. The number of imidazole rings is 1. The maximum Gasteiger partial charge on any atom is 0.410 e. The van der Waals surface area contributed by atoms with E-state index in [1.54, 1.807) is 35.3 Å². The number of benzene rings is 1. The number of nitrogens with zero attached hydrogens (tertiary/aromatic N) is 6. The van der Waals surface area contributed by atoms with E-state index in [1.807, 2.05) is 29.2 Å². The van der Waals surface area contributed by atoms with Crippen molar-refractivity contribution in [3.05, 3.63) is 54.9 Å². The van der Waals surface area contributed by atoms with Crippen molar-refractivity contribution in [2.75, 3.05) is 58.1 Å². The third kappa shape index (κ3) is 6.55. The number of piperazine rings is 1. The van der Waals surface area contributed by atoms with E-state index in [-0.39, 0.29) is 18.9 Å². The highest BCUT2D eigenvalue weighted by atomic mass is 16.6. The third-order valence-corrected chi connectivity index (χ3v) is 6.48. The number of aromatic nitrogens is 4. The fourth-order valence-corrected chi connectivity index (χ4v) is 4.50. The van der Waals surface area contributed by atoms with Gasteiger partial charge in [0.1, 0.15) is 44.1 Å². The number of fused-ring (bicyclic) bond motifs is 1. The van der Waals surface area contributed by atoms with Gasteiger partial charge in [0.15, 0.2) is 11.5 Å². The second kappa shape index (κ2) is 12.4. The summed E-state index contributed by atoms with van der Waals surface area (Å²) >= 11 is 0. The van der Waals surface area contributed by atoms with Crippen LogP contribution in [0.4, 0.5) is 10.6 Å². The molecule has 1 fully saturated rings. The number of hydrogen-bond donors (Lipinski definition) is 1. The van der Waals surface area contributed by atoms with Crippen molar-refractivity contribution in [2.24, 2.45) is 0 Å². The second-order valence-corrected chi connectivity index (χ2v) is 9.06. The van der Waals surface area contributed by atoms with Gasteiger partial charge in [-0.15, -0.1) is 0 Å². The second-order valence-electron chi connectivity index (χ2n) is 9.06. The molecule has 1 saturated heterocycles. The molecule has 13 nitrogen and oxygen atoms in total. The highest BCUT2D eigenvalue weighted by Gasteiger charge is 2.33. The number of rotatable bonds is 9. The van der Waals surface area contributed by atoms with Crippen LogP contribution >= 0.6 is 0 Å². The average molecular weight is 538 g/mol. The largest absolute Gasteiger partial charge is 0.486 e. The summed E-state index contributed by atoms with van der Waals surface area (Å²) in [6.07, 6.45) is 6.25. The Morgan fingerprint density at radius 3 is 2.74 bits per heavy atom. The average Bonchev–Trinajstić information content (AvgIpc) is 3.51. The molecule has 1 N–H and O–H groups in total. The van der Waals surface area contributed by atoms with Crippen LogP contribution in [0, 0.1) is 0 Å². The summed E-state index contributed by atoms with van der Waals surface area (Å²) in [4.78, 5) is 42.4. The summed E-state index contributed by atoms with van der Waals surface area (Å²) < 4.78 is 23.3. The first-order valence-corrected chi connectivity index (χ1v) is 12.7. The van der Waals surface area contributed by atoms with E-state index in [2.05, 4.69) is 20.3 Å². The van der Waals surface area contributed by atoms with E-state index in [0.717, 1.165) is 5.56 Å². The molecule has 0 radical (unpaired) electrons. The molecule has 2 aromatic heterocycles. The van der Waals surface area contributed by atoms with E-state index >= 15 is 0 Å². The first-order valence-electron chi connectivity index (χ1n) is 12.7. The zero-order chi connectivity index (χ0) is 27.0. The van der Waals surface area contributed by atoms with Crippen LogP contribution in [0.15, 0.2) is 49.3 Å². The maximum absolute atomic E-state index is 13.0. The fraction of sp³-hybridized carbons (Fsp3) is 0.423. The first-order chi connectivity index (χ1) is 19.1. The molecule has 3 aromatic rings. The van der Waals surface area contributed by atoms with Gasteiger partial charge >= 0.3 is 6.09 Å². The number of amides is 2. The number of carbonyl (C=O) groups excluding carboxylic acids is 2. The van der Waals surface area contributed by atoms with Gasteiger partial charge in [-0.3, -0.25) is 9.36 Å². The van der Waals surface area contributed by atoms with Crippen molar-refractivity contribution in [3.8, 4) is 17.3 Å². The molecular weight excluding hydrogens is 506 g/mol. The predicted molar refractivity (Wildman–Crippen MR) is 139 cm³/mol. The quantitative estimate of drug-likeness (QED) is 0.400. The third-order valence-electron chi connectivity index (χ3n) is 6.48. The summed E-state index contributed by atoms with van der Waals surface area (Å²) in [5.41, 5.74) is 0.890. The Labute approximate surface area is 225 Å². The Hall–Kier alpha value is -4.39. The minimum atomic E-state index is -0.474. The molecule has 39 heavy (non-hydrogen) atoms. The Balaban J connectivity index is 1.26. The Kier molecular flexibility index (Phi) is 8.36. The normalized spacial score (nSPS) is 16.6. The van der Waals surface area contributed by atoms with Crippen LogP contribution in [0.3, 0.4) is 0 Å². The molecule has 206 valence electrons. The van der Waals surface area contributed by atoms with Crippen molar-refractivity contribution in [1.29, 1.82) is 0 Å². The Morgan fingerprint density at radius 1 is 1.08 bits per heavy atom. The smallest absolute Gasteiger partial charge is 0.410 e. The van der Waals surface area contributed by atoms with E-state index in [9.17, 15) is 9.59 Å². The summed E-state index contributed by atoms with van der Waals surface area (Å²) in [5, 5.41) is 2.96. The summed E-state index contributed by atoms with van der Waals surface area (Å²) in [6.45, 7) is 3.06. The van der Waals surface area contributed by atoms with Gasteiger partial charge in [0.05, 0.1) is 12.6 Å². The molecule has 1 unspecified atom stereocenters. The monoisotopic (exact) mass is 537 g/mol. The highest BCUT2D eigenvalue weighted by molar-refractivity contribution is 5.78. The molecule has 1 atom stereocenters. The van der Waals surface area contributed by atoms with Crippen molar-refractivity contribution in [3.63, 3.8) is 0 Å². The summed E-state index contributed by atoms with van der Waals surface area (Å²) in [5.74, 6) is 2.55. The van der Waals surface area contributed by atoms with Gasteiger partial charge in [0, 0.05) is 58.2 Å². The van der Waals surface area contributed by atoms with E-state index < -0.39 is 12.1 Å². The van der Waals surface area contributed by atoms with Gasteiger partial charge in [0.2, 0.25) is 5.91 Å². The lowest BCUT2D eigenvalue weighted by molar-refractivity contribution is -0.122. The number of nitrogens with one attached hydrogen (secondary N) is 1. The lowest BCUT2D eigenvalue weighted by Gasteiger charge is -2.41. The molecule has 2 amide bonds. The summed E-state index contributed by atoms with van der Waals surface area (Å²) in [6, 6.07) is 7.02. The number of methoxy groups -OCH3 is 1. The van der Waals surface area contributed by atoms with Gasteiger partial charge in [-0.2, -0.15) is 0 Å². The lowest BCUT2D eigenvalue weighted by Crippen LogP contribution is -2.57. The lowest BCUT2D eigenvalue weighted by atomic mass is 10.1. The molecule has 0 bridgehead atoms. The van der Waals surface area contributed by atoms with Crippen LogP contribution in [0.1, 0.15) is 12.0 Å². The first kappa shape index (κ1) is 26.2. The SMILES string of the molecule is COCCOC(=O)N1CCN(c2cc(-n3ccnc3)ncn2)CC1CC(=O)NCc1ccc2c(c1)OCCO2. The minimum absolute atomic E-state index is 0.0971. The standard InChI is InChI=1S/C26H31N7O6/c1-36-8-9-39-26(35)33-7-6-31(23-14-24(30-17-29-23)32-5-4-27-18-32)16-20(33)13-25(34)28-15-19-2-3-21-22(12-19)38-11-10-37-21/h2-5,12,14,17-18,20H,6-11,13,15-16H2,1H3,(H,28,34). The zero-order valence-electron chi connectivity index (χ0n) is 21.7. The van der Waals surface area contributed by atoms with Crippen molar-refractivity contribution in [2.45, 2.75) is 19.0 Å². The molecule has 13 heteroatoms. The van der Waals surface area contributed by atoms with E-state index in [1.165, 1.54) is 6.33 Å². The van der Waals surface area contributed by atoms with Crippen LogP contribution in [0.2, 0.25) is 0 Å². The number of anilines is 1. The molecule has 2 aliphatic rings. The van der Waals surface area contributed by atoms with Gasteiger partial charge in [-0.1, -0.05) is 6.07 Å². The van der Waals surface area contributed by atoms with Crippen LogP contribution in [0.5, 0.6) is 11.5 Å². The molecule has 5 rings (SSSR count). The topological polar surface area (TPSA) is 133 Å².